The molecule has 0 aliphatic rings. The van der Waals surface area contributed by atoms with E-state index in [9.17, 15) is 9.90 Å². The van der Waals surface area contributed by atoms with Gasteiger partial charge in [-0.1, -0.05) is 20.8 Å². The van der Waals surface area contributed by atoms with Gasteiger partial charge >= 0.3 is 5.97 Å². The van der Waals surface area contributed by atoms with Crippen molar-refractivity contribution >= 4 is 17.0 Å². The minimum atomic E-state index is -0.892. The molecule has 21 heavy (non-hydrogen) atoms. The third-order valence-corrected chi connectivity index (χ3v) is 4.51. The molecule has 0 bridgehead atoms. The van der Waals surface area contributed by atoms with Crippen LogP contribution in [0.5, 0.6) is 0 Å². The number of aromatic nitrogens is 2. The van der Waals surface area contributed by atoms with E-state index in [1.807, 2.05) is 6.07 Å². The van der Waals surface area contributed by atoms with Crippen LogP contribution in [0, 0.1) is 0 Å². The summed E-state index contributed by atoms with van der Waals surface area (Å²) in [6.45, 7) is 8.71. The summed E-state index contributed by atoms with van der Waals surface area (Å²) >= 11 is 0. The van der Waals surface area contributed by atoms with Gasteiger partial charge in [-0.3, -0.25) is 0 Å². The first-order valence-electron chi connectivity index (χ1n) is 7.72. The standard InChI is InChI=1S/C17H24N2O2/c1-5-8-15-18-13-10-9-12(16(20)21)11-14(13)19(15)17(4,6-2)7-3/h9-11H,5-8H2,1-4H3,(H,20,21). The van der Waals surface area contributed by atoms with Crippen LogP contribution >= 0.6 is 0 Å². The molecule has 0 amide bonds. The third-order valence-electron chi connectivity index (χ3n) is 4.51. The lowest BCUT2D eigenvalue weighted by Gasteiger charge is -2.31. The Bertz CT molecular complexity index is 654. The van der Waals surface area contributed by atoms with Gasteiger partial charge in [-0.25, -0.2) is 9.78 Å². The Morgan fingerprint density at radius 1 is 1.29 bits per heavy atom. The number of aromatic carboxylic acids is 1. The third kappa shape index (κ3) is 2.67. The molecule has 4 nitrogen and oxygen atoms in total. The summed E-state index contributed by atoms with van der Waals surface area (Å²) < 4.78 is 2.26. The van der Waals surface area contributed by atoms with Gasteiger partial charge in [0.15, 0.2) is 0 Å². The molecule has 1 aromatic carbocycles. The van der Waals surface area contributed by atoms with Crippen LogP contribution in [0.4, 0.5) is 0 Å². The summed E-state index contributed by atoms with van der Waals surface area (Å²) in [5, 5.41) is 9.23. The Morgan fingerprint density at radius 3 is 2.48 bits per heavy atom. The van der Waals surface area contributed by atoms with Crippen molar-refractivity contribution in [3.63, 3.8) is 0 Å². The van der Waals surface area contributed by atoms with E-state index < -0.39 is 5.97 Å². The summed E-state index contributed by atoms with van der Waals surface area (Å²) in [5.74, 6) is 0.164. The highest BCUT2D eigenvalue weighted by Crippen LogP contribution is 2.32. The Labute approximate surface area is 125 Å². The van der Waals surface area contributed by atoms with Crippen LogP contribution in [0.2, 0.25) is 0 Å². The fourth-order valence-electron chi connectivity index (χ4n) is 2.82. The van der Waals surface area contributed by atoms with Crippen LogP contribution in [0.1, 0.15) is 63.1 Å². The van der Waals surface area contributed by atoms with Crippen molar-refractivity contribution in [3.05, 3.63) is 29.6 Å². The van der Waals surface area contributed by atoms with Gasteiger partial charge in [-0.15, -0.1) is 0 Å². The molecule has 4 heteroatoms. The Kier molecular flexibility index (Phi) is 4.35. The molecule has 2 aromatic rings. The van der Waals surface area contributed by atoms with Gasteiger partial charge in [-0.05, 0) is 44.4 Å². The predicted molar refractivity (Wildman–Crippen MR) is 84.9 cm³/mol. The van der Waals surface area contributed by atoms with E-state index in [0.29, 0.717) is 5.56 Å². The number of imidazole rings is 1. The van der Waals surface area contributed by atoms with Gasteiger partial charge in [0.1, 0.15) is 5.82 Å². The summed E-state index contributed by atoms with van der Waals surface area (Å²) in [5.41, 5.74) is 2.11. The van der Waals surface area contributed by atoms with Crippen LogP contribution in [0.3, 0.4) is 0 Å². The number of carboxylic acid groups (broad SMARTS) is 1. The van der Waals surface area contributed by atoms with Crippen molar-refractivity contribution in [1.29, 1.82) is 0 Å². The molecule has 2 rings (SSSR count). The zero-order chi connectivity index (χ0) is 15.6. The van der Waals surface area contributed by atoms with Crippen LogP contribution in [0.25, 0.3) is 11.0 Å². The fourth-order valence-corrected chi connectivity index (χ4v) is 2.82. The first kappa shape index (κ1) is 15.5. The summed E-state index contributed by atoms with van der Waals surface area (Å²) in [6.07, 6.45) is 3.91. The van der Waals surface area contributed by atoms with Gasteiger partial charge in [-0.2, -0.15) is 0 Å². The van der Waals surface area contributed by atoms with Crippen molar-refractivity contribution in [3.8, 4) is 0 Å². The van der Waals surface area contributed by atoms with E-state index in [1.165, 1.54) is 0 Å². The summed E-state index contributed by atoms with van der Waals surface area (Å²) in [4.78, 5) is 16.0. The number of carboxylic acids is 1. The first-order chi connectivity index (χ1) is 9.96. The lowest BCUT2D eigenvalue weighted by atomic mass is 9.94. The number of hydrogen-bond donors (Lipinski definition) is 1. The monoisotopic (exact) mass is 288 g/mol. The van der Waals surface area contributed by atoms with E-state index in [2.05, 4.69) is 32.3 Å². The molecule has 0 aliphatic carbocycles. The van der Waals surface area contributed by atoms with Crippen molar-refractivity contribution in [2.24, 2.45) is 0 Å². The largest absolute Gasteiger partial charge is 0.478 e. The lowest BCUT2D eigenvalue weighted by Crippen LogP contribution is -2.30. The number of nitrogens with zero attached hydrogens (tertiary/aromatic N) is 2. The second kappa shape index (κ2) is 5.88. The number of benzene rings is 1. The number of fused-ring (bicyclic) bond motifs is 1. The molecule has 0 unspecified atom stereocenters. The zero-order valence-corrected chi connectivity index (χ0v) is 13.3. The number of hydrogen-bond acceptors (Lipinski definition) is 2. The van der Waals surface area contributed by atoms with Gasteiger partial charge in [0.05, 0.1) is 16.6 Å². The zero-order valence-electron chi connectivity index (χ0n) is 13.3. The summed E-state index contributed by atoms with van der Waals surface area (Å²) in [6, 6.07) is 5.21. The molecular weight excluding hydrogens is 264 g/mol. The minimum absolute atomic E-state index is 0.0314. The maximum atomic E-state index is 11.2. The van der Waals surface area contributed by atoms with E-state index in [4.69, 9.17) is 4.98 Å². The van der Waals surface area contributed by atoms with Gasteiger partial charge in [0, 0.05) is 12.0 Å². The molecule has 0 saturated carbocycles. The van der Waals surface area contributed by atoms with Crippen LogP contribution in [0.15, 0.2) is 18.2 Å². The minimum Gasteiger partial charge on any atom is -0.478 e. The van der Waals surface area contributed by atoms with E-state index in [0.717, 1.165) is 42.5 Å². The van der Waals surface area contributed by atoms with Gasteiger partial charge in [0.25, 0.3) is 0 Å². The molecule has 0 fully saturated rings. The van der Waals surface area contributed by atoms with Crippen molar-refractivity contribution in [1.82, 2.24) is 9.55 Å². The maximum Gasteiger partial charge on any atom is 0.335 e. The first-order valence-corrected chi connectivity index (χ1v) is 7.72. The summed E-state index contributed by atoms with van der Waals surface area (Å²) in [7, 11) is 0. The van der Waals surface area contributed by atoms with Gasteiger partial charge in [0.2, 0.25) is 0 Å². The number of aryl methyl sites for hydroxylation is 1. The second-order valence-electron chi connectivity index (χ2n) is 5.83. The van der Waals surface area contributed by atoms with E-state index in [1.54, 1.807) is 12.1 Å². The highest BCUT2D eigenvalue weighted by atomic mass is 16.4. The maximum absolute atomic E-state index is 11.2. The van der Waals surface area contributed by atoms with E-state index in [-0.39, 0.29) is 5.54 Å². The molecule has 1 N–H and O–H groups in total. The molecule has 1 aromatic heterocycles. The molecule has 0 aliphatic heterocycles. The van der Waals surface area contributed by atoms with E-state index >= 15 is 0 Å². The van der Waals surface area contributed by atoms with Crippen molar-refractivity contribution < 1.29 is 9.90 Å². The highest BCUT2D eigenvalue weighted by molar-refractivity contribution is 5.92. The van der Waals surface area contributed by atoms with Gasteiger partial charge < -0.3 is 9.67 Å². The molecular formula is C17H24N2O2. The Morgan fingerprint density at radius 2 is 1.95 bits per heavy atom. The predicted octanol–water partition coefficient (Wildman–Crippen LogP) is 4.22. The van der Waals surface area contributed by atoms with Crippen LogP contribution < -0.4 is 0 Å². The number of rotatable bonds is 6. The highest BCUT2D eigenvalue weighted by Gasteiger charge is 2.27. The Hall–Kier alpha value is -1.84. The smallest absolute Gasteiger partial charge is 0.335 e. The molecule has 1 heterocycles. The second-order valence-corrected chi connectivity index (χ2v) is 5.83. The van der Waals surface area contributed by atoms with Crippen molar-refractivity contribution in [2.45, 2.75) is 58.9 Å². The average Bonchev–Trinajstić information content (AvgIpc) is 2.84. The topological polar surface area (TPSA) is 55.1 Å². The average molecular weight is 288 g/mol. The normalized spacial score (nSPS) is 12.0. The molecule has 0 atom stereocenters. The molecule has 0 radical (unpaired) electrons. The quantitative estimate of drug-likeness (QED) is 0.865. The number of carbonyl (C=O) groups is 1. The molecule has 114 valence electrons. The molecule has 0 saturated heterocycles. The fraction of sp³-hybridized carbons (Fsp3) is 0.529. The van der Waals surface area contributed by atoms with Crippen molar-refractivity contribution in [2.75, 3.05) is 0 Å². The molecule has 0 spiro atoms. The van der Waals surface area contributed by atoms with Crippen LogP contribution in [-0.4, -0.2) is 20.6 Å². The lowest BCUT2D eigenvalue weighted by molar-refractivity contribution is 0.0697. The Balaban J connectivity index is 2.75. The SMILES string of the molecule is CCCc1nc2ccc(C(=O)O)cc2n1C(C)(CC)CC. The van der Waals surface area contributed by atoms with Crippen LogP contribution in [-0.2, 0) is 12.0 Å².